The molecule has 2 heterocycles. The highest BCUT2D eigenvalue weighted by molar-refractivity contribution is 8.14. The summed E-state index contributed by atoms with van der Waals surface area (Å²) >= 11 is 1.23. The number of ether oxygens (including phenoxy) is 1. The first-order chi connectivity index (χ1) is 7.70. The van der Waals surface area contributed by atoms with E-state index in [0.717, 1.165) is 5.75 Å². The molecule has 0 aromatic carbocycles. The molecule has 6 nitrogen and oxygen atoms in total. The number of nitrogens with zero attached hydrogens (tertiary/aromatic N) is 1. The number of nitrogens with one attached hydrogen (secondary N) is 1. The molecule has 16 heavy (non-hydrogen) atoms. The van der Waals surface area contributed by atoms with Gasteiger partial charge < -0.3 is 14.6 Å². The van der Waals surface area contributed by atoms with Crippen molar-refractivity contribution in [2.24, 2.45) is 0 Å². The number of carbonyl (C=O) groups excluding carboxylic acids is 2. The summed E-state index contributed by atoms with van der Waals surface area (Å²) in [5.41, 5.74) is 0. The molecule has 7 heteroatoms. The summed E-state index contributed by atoms with van der Waals surface area (Å²) in [6.07, 6.45) is 0.653. The Kier molecular flexibility index (Phi) is 3.14. The van der Waals surface area contributed by atoms with E-state index in [9.17, 15) is 9.59 Å². The predicted octanol–water partition coefficient (Wildman–Crippen LogP) is 0.445. The monoisotopic (exact) mass is 242 g/mol. The Labute approximate surface area is 95.7 Å². The van der Waals surface area contributed by atoms with Crippen LogP contribution in [0.4, 0.5) is 0 Å². The summed E-state index contributed by atoms with van der Waals surface area (Å²) < 4.78 is 9.54. The van der Waals surface area contributed by atoms with Gasteiger partial charge in [0.2, 0.25) is 10.9 Å². The van der Waals surface area contributed by atoms with Crippen LogP contribution in [0.25, 0.3) is 0 Å². The molecule has 1 aliphatic heterocycles. The number of methoxy groups -OCH3 is 1. The van der Waals surface area contributed by atoms with Crippen molar-refractivity contribution in [1.82, 2.24) is 10.5 Å². The maximum atomic E-state index is 11.6. The van der Waals surface area contributed by atoms with Crippen molar-refractivity contribution in [1.29, 1.82) is 0 Å². The van der Waals surface area contributed by atoms with Crippen LogP contribution in [0.3, 0.4) is 0 Å². The van der Waals surface area contributed by atoms with E-state index < -0.39 is 11.9 Å². The lowest BCUT2D eigenvalue weighted by atomic mass is 10.2. The highest BCUT2D eigenvalue weighted by Gasteiger charge is 2.28. The van der Waals surface area contributed by atoms with Crippen LogP contribution in [-0.4, -0.2) is 35.1 Å². The quantitative estimate of drug-likeness (QED) is 0.828. The van der Waals surface area contributed by atoms with Gasteiger partial charge in [0.15, 0.2) is 0 Å². The Morgan fingerprint density at radius 1 is 1.75 bits per heavy atom. The Balaban J connectivity index is 1.99. The van der Waals surface area contributed by atoms with Crippen LogP contribution in [-0.2, 0) is 4.79 Å². The minimum atomic E-state index is -0.448. The molecule has 1 saturated heterocycles. The minimum absolute atomic E-state index is 0.0140. The van der Waals surface area contributed by atoms with Crippen LogP contribution in [0.15, 0.2) is 10.6 Å². The first-order valence-corrected chi connectivity index (χ1v) is 5.67. The first-order valence-electron chi connectivity index (χ1n) is 4.69. The minimum Gasteiger partial charge on any atom is -0.479 e. The van der Waals surface area contributed by atoms with Crippen molar-refractivity contribution < 1.29 is 18.8 Å². The zero-order valence-electron chi connectivity index (χ0n) is 8.56. The fraction of sp³-hybridized carbons (Fsp3) is 0.444. The Hall–Kier alpha value is -1.50. The number of amides is 1. The number of aromatic nitrogens is 1. The van der Waals surface area contributed by atoms with Gasteiger partial charge in [-0.05, 0) is 11.6 Å². The van der Waals surface area contributed by atoms with Crippen LogP contribution in [0.2, 0.25) is 0 Å². The zero-order valence-corrected chi connectivity index (χ0v) is 9.37. The molecular formula is C9H10N2O4S. The molecule has 1 aliphatic rings. The van der Waals surface area contributed by atoms with E-state index in [1.807, 2.05) is 0 Å². The van der Waals surface area contributed by atoms with Crippen LogP contribution in [0.1, 0.15) is 17.0 Å². The summed E-state index contributed by atoms with van der Waals surface area (Å²) in [6, 6.07) is 0.954. The van der Waals surface area contributed by atoms with Crippen molar-refractivity contribution in [2.75, 3.05) is 12.9 Å². The van der Waals surface area contributed by atoms with Gasteiger partial charge in [0.1, 0.15) is 0 Å². The normalized spacial score (nSPS) is 19.8. The molecule has 0 aliphatic carbocycles. The third-order valence-corrected chi connectivity index (χ3v) is 3.17. The number of thioether (sulfide) groups is 1. The van der Waals surface area contributed by atoms with Crippen LogP contribution in [0, 0.1) is 0 Å². The molecule has 1 N–H and O–H groups in total. The maximum absolute atomic E-state index is 11.6. The number of rotatable bonds is 3. The average molecular weight is 242 g/mol. The summed E-state index contributed by atoms with van der Waals surface area (Å²) in [6.45, 7) is 0. The lowest BCUT2D eigenvalue weighted by molar-refractivity contribution is -0.112. The topological polar surface area (TPSA) is 81.4 Å². The van der Waals surface area contributed by atoms with Crippen molar-refractivity contribution >= 4 is 22.8 Å². The van der Waals surface area contributed by atoms with Crippen molar-refractivity contribution in [3.8, 4) is 5.88 Å². The Morgan fingerprint density at radius 2 is 2.56 bits per heavy atom. The molecule has 0 spiro atoms. The van der Waals surface area contributed by atoms with Crippen LogP contribution in [0.5, 0.6) is 5.88 Å². The van der Waals surface area contributed by atoms with E-state index >= 15 is 0 Å². The van der Waals surface area contributed by atoms with Gasteiger partial charge in [-0.3, -0.25) is 9.59 Å². The summed E-state index contributed by atoms with van der Waals surface area (Å²) in [5.74, 6) is 0.569. The second kappa shape index (κ2) is 4.56. The number of hydrogen-bond donors (Lipinski definition) is 1. The van der Waals surface area contributed by atoms with E-state index in [1.54, 1.807) is 0 Å². The largest absolute Gasteiger partial charge is 0.479 e. The molecule has 1 aromatic heterocycles. The SMILES string of the molecule is COc1cc(C(=O)NC2CCSC2=O)on1. The van der Waals surface area contributed by atoms with Gasteiger partial charge in [-0.2, -0.15) is 0 Å². The predicted molar refractivity (Wildman–Crippen MR) is 56.4 cm³/mol. The summed E-state index contributed by atoms with van der Waals surface area (Å²) in [4.78, 5) is 22.9. The molecule has 0 bridgehead atoms. The smallest absolute Gasteiger partial charge is 0.290 e. The van der Waals surface area contributed by atoms with Crippen molar-refractivity contribution in [3.63, 3.8) is 0 Å². The Morgan fingerprint density at radius 3 is 3.12 bits per heavy atom. The molecule has 1 unspecified atom stereocenters. The fourth-order valence-corrected chi connectivity index (χ4v) is 2.25. The average Bonchev–Trinajstić information content (AvgIpc) is 2.88. The van der Waals surface area contributed by atoms with Crippen LogP contribution < -0.4 is 10.1 Å². The molecule has 86 valence electrons. The first kappa shape index (κ1) is 11.0. The lowest BCUT2D eigenvalue weighted by Crippen LogP contribution is -2.36. The summed E-state index contributed by atoms with van der Waals surface area (Å²) in [5, 5.41) is 6.07. The lowest BCUT2D eigenvalue weighted by Gasteiger charge is -2.07. The van der Waals surface area contributed by atoms with E-state index in [2.05, 4.69) is 10.5 Å². The van der Waals surface area contributed by atoms with E-state index in [-0.39, 0.29) is 16.8 Å². The van der Waals surface area contributed by atoms with Gasteiger partial charge in [-0.1, -0.05) is 11.8 Å². The number of carbonyl (C=O) groups is 2. The zero-order chi connectivity index (χ0) is 11.5. The van der Waals surface area contributed by atoms with Crippen molar-refractivity contribution in [2.45, 2.75) is 12.5 Å². The molecule has 1 atom stereocenters. The third-order valence-electron chi connectivity index (χ3n) is 2.16. The standard InChI is InChI=1S/C9H10N2O4S/c1-14-7-4-6(15-11-7)8(12)10-5-2-3-16-9(5)13/h4-5H,2-3H2,1H3,(H,10,12). The number of hydrogen-bond acceptors (Lipinski definition) is 6. The fourth-order valence-electron chi connectivity index (χ4n) is 1.32. The molecule has 1 aromatic rings. The molecule has 2 rings (SSSR count). The molecular weight excluding hydrogens is 232 g/mol. The van der Waals surface area contributed by atoms with Gasteiger partial charge in [-0.25, -0.2) is 0 Å². The maximum Gasteiger partial charge on any atom is 0.290 e. The van der Waals surface area contributed by atoms with E-state index in [0.29, 0.717) is 6.42 Å². The molecule has 0 saturated carbocycles. The molecule has 1 fully saturated rings. The molecule has 1 amide bonds. The highest BCUT2D eigenvalue weighted by Crippen LogP contribution is 2.20. The van der Waals surface area contributed by atoms with Crippen LogP contribution >= 0.6 is 11.8 Å². The van der Waals surface area contributed by atoms with Crippen molar-refractivity contribution in [3.05, 3.63) is 11.8 Å². The molecule has 0 radical (unpaired) electrons. The Bertz CT molecular complexity index is 417. The van der Waals surface area contributed by atoms with E-state index in [4.69, 9.17) is 9.26 Å². The van der Waals surface area contributed by atoms with E-state index in [1.165, 1.54) is 24.9 Å². The summed E-state index contributed by atoms with van der Waals surface area (Å²) in [7, 11) is 1.43. The third kappa shape index (κ3) is 2.19. The highest BCUT2D eigenvalue weighted by atomic mass is 32.2. The van der Waals surface area contributed by atoms with Gasteiger partial charge in [0, 0.05) is 5.75 Å². The second-order valence-corrected chi connectivity index (χ2v) is 4.32. The van der Waals surface area contributed by atoms with Gasteiger partial charge in [0.25, 0.3) is 11.8 Å². The van der Waals surface area contributed by atoms with Gasteiger partial charge in [-0.15, -0.1) is 0 Å². The van der Waals surface area contributed by atoms with Gasteiger partial charge >= 0.3 is 0 Å². The van der Waals surface area contributed by atoms with Gasteiger partial charge in [0.05, 0.1) is 19.2 Å². The second-order valence-electron chi connectivity index (χ2n) is 3.22.